The third-order valence-electron chi connectivity index (χ3n) is 6.13. The van der Waals surface area contributed by atoms with Crippen LogP contribution in [0.4, 0.5) is 11.4 Å². The normalized spacial score (nSPS) is 13.5. The Morgan fingerprint density at radius 2 is 1.03 bits per heavy atom. The average Bonchev–Trinajstić information content (AvgIpc) is 2.85. The van der Waals surface area contributed by atoms with Gasteiger partial charge in [-0.25, -0.2) is 0 Å². The number of rotatable bonds is 4. The number of anilines is 2. The molecule has 33 heavy (non-hydrogen) atoms. The summed E-state index contributed by atoms with van der Waals surface area (Å²) in [6, 6.07) is 34.7. The maximum atomic E-state index is 2.31. The van der Waals surface area contributed by atoms with E-state index in [0.717, 1.165) is 0 Å². The first-order valence-corrected chi connectivity index (χ1v) is 12.1. The number of allylic oxidation sites excluding steroid dienone is 2. The first-order chi connectivity index (χ1) is 16.1. The minimum absolute atomic E-state index is 1.23. The Morgan fingerprint density at radius 3 is 1.45 bits per heavy atom. The van der Waals surface area contributed by atoms with E-state index in [1.165, 1.54) is 54.6 Å². The summed E-state index contributed by atoms with van der Waals surface area (Å²) in [5, 5.41) is 0. The van der Waals surface area contributed by atoms with Crippen LogP contribution in [0.2, 0.25) is 0 Å². The molecule has 4 aromatic rings. The van der Waals surface area contributed by atoms with Gasteiger partial charge in [-0.3, -0.25) is 0 Å². The fourth-order valence-electron chi connectivity index (χ4n) is 4.28. The zero-order valence-corrected chi connectivity index (χ0v) is 20.1. The fraction of sp³-hybridized carbons (Fsp3) is 0.0968. The quantitative estimate of drug-likeness (QED) is 0.288. The maximum Gasteiger partial charge on any atom is 0.0550 e. The van der Waals surface area contributed by atoms with Crippen molar-refractivity contribution in [1.82, 2.24) is 0 Å². The Balaban J connectivity index is 1.45. The molecule has 1 aliphatic heterocycles. The van der Waals surface area contributed by atoms with Gasteiger partial charge in [0.25, 0.3) is 0 Å². The highest BCUT2D eigenvalue weighted by molar-refractivity contribution is 7.99. The van der Waals surface area contributed by atoms with Crippen LogP contribution >= 0.6 is 11.8 Å². The minimum Gasteiger partial charge on any atom is -0.343 e. The van der Waals surface area contributed by atoms with Gasteiger partial charge in [0.05, 0.1) is 11.4 Å². The molecule has 0 spiro atoms. The topological polar surface area (TPSA) is 3.24 Å². The van der Waals surface area contributed by atoms with E-state index in [1.807, 2.05) is 11.8 Å². The lowest BCUT2D eigenvalue weighted by molar-refractivity contribution is 1.11. The van der Waals surface area contributed by atoms with Gasteiger partial charge in [-0.15, -0.1) is 0 Å². The Labute approximate surface area is 201 Å². The fourth-order valence-corrected chi connectivity index (χ4v) is 5.52. The van der Waals surface area contributed by atoms with Gasteiger partial charge in [0.1, 0.15) is 0 Å². The molecule has 1 aliphatic rings. The van der Waals surface area contributed by atoms with Crippen molar-refractivity contribution in [3.05, 3.63) is 119 Å². The SMILES string of the molecule is CC(=Cc1ccc2c(c1)Sc1cc(C=C(C)c3ccccc3)ccc1N2C)c1ccccc1. The molecule has 0 N–H and O–H groups in total. The second-order valence-electron chi connectivity index (χ2n) is 8.50. The van der Waals surface area contributed by atoms with E-state index in [9.17, 15) is 0 Å². The number of nitrogens with zero attached hydrogens (tertiary/aromatic N) is 1. The molecule has 5 rings (SSSR count). The summed E-state index contributed by atoms with van der Waals surface area (Å²) in [4.78, 5) is 4.89. The molecule has 0 fully saturated rings. The lowest BCUT2D eigenvalue weighted by Crippen LogP contribution is -2.14. The van der Waals surface area contributed by atoms with E-state index in [-0.39, 0.29) is 0 Å². The highest BCUT2D eigenvalue weighted by Crippen LogP contribution is 2.48. The van der Waals surface area contributed by atoms with Crippen molar-refractivity contribution < 1.29 is 0 Å². The highest BCUT2D eigenvalue weighted by atomic mass is 32.2. The standard InChI is InChI=1S/C31H27NS/c1-22(26-10-6-4-7-11-26)18-24-14-16-28-30(20-24)33-31-21-25(15-17-29(31)32(28)3)19-23(2)27-12-8-5-9-13-27/h4-21H,1-3H3. The molecule has 0 saturated carbocycles. The molecule has 0 atom stereocenters. The number of fused-ring (bicyclic) bond motifs is 2. The van der Waals surface area contributed by atoms with Crippen LogP contribution in [-0.4, -0.2) is 7.05 Å². The van der Waals surface area contributed by atoms with Crippen molar-refractivity contribution in [3.63, 3.8) is 0 Å². The third kappa shape index (κ3) is 4.53. The molecule has 0 saturated heterocycles. The van der Waals surface area contributed by atoms with Crippen LogP contribution in [-0.2, 0) is 0 Å². The highest BCUT2D eigenvalue weighted by Gasteiger charge is 2.21. The van der Waals surface area contributed by atoms with Crippen LogP contribution in [0, 0.1) is 0 Å². The summed E-state index contributed by atoms with van der Waals surface area (Å²) in [6.45, 7) is 4.36. The Morgan fingerprint density at radius 1 is 0.606 bits per heavy atom. The van der Waals surface area contributed by atoms with Crippen LogP contribution in [0.5, 0.6) is 0 Å². The number of hydrogen-bond acceptors (Lipinski definition) is 2. The van der Waals surface area contributed by atoms with Crippen molar-refractivity contribution >= 4 is 46.4 Å². The molecule has 0 bridgehead atoms. The Hall–Kier alpha value is -3.49. The molecule has 1 nitrogen and oxygen atoms in total. The first-order valence-electron chi connectivity index (χ1n) is 11.3. The van der Waals surface area contributed by atoms with Crippen molar-refractivity contribution in [3.8, 4) is 0 Å². The van der Waals surface area contributed by atoms with E-state index in [4.69, 9.17) is 0 Å². The van der Waals surface area contributed by atoms with Crippen LogP contribution in [0.15, 0.2) is 107 Å². The maximum absolute atomic E-state index is 2.31. The number of benzene rings is 4. The molecule has 0 aliphatic carbocycles. The summed E-state index contributed by atoms with van der Waals surface area (Å²) < 4.78 is 0. The second kappa shape index (κ2) is 9.17. The molecule has 1 heterocycles. The first kappa shape index (κ1) is 21.4. The minimum atomic E-state index is 1.23. The molecular formula is C31H27NS. The molecule has 4 aromatic carbocycles. The number of hydrogen-bond donors (Lipinski definition) is 0. The molecule has 162 valence electrons. The van der Waals surface area contributed by atoms with Gasteiger partial charge in [-0.1, -0.05) is 96.7 Å². The molecule has 0 amide bonds. The lowest BCUT2D eigenvalue weighted by atomic mass is 10.0. The summed E-state index contributed by atoms with van der Waals surface area (Å²) >= 11 is 1.86. The smallest absolute Gasteiger partial charge is 0.0550 e. The summed E-state index contributed by atoms with van der Waals surface area (Å²) in [5.41, 5.74) is 10.0. The van der Waals surface area contributed by atoms with Crippen molar-refractivity contribution in [2.24, 2.45) is 0 Å². The summed E-state index contributed by atoms with van der Waals surface area (Å²) in [6.07, 6.45) is 4.54. The predicted octanol–water partition coefficient (Wildman–Crippen LogP) is 9.04. The van der Waals surface area contributed by atoms with Gasteiger partial charge >= 0.3 is 0 Å². The van der Waals surface area contributed by atoms with Gasteiger partial charge in [-0.05, 0) is 71.5 Å². The monoisotopic (exact) mass is 445 g/mol. The average molecular weight is 446 g/mol. The van der Waals surface area contributed by atoms with Gasteiger partial charge in [-0.2, -0.15) is 0 Å². The van der Waals surface area contributed by atoms with E-state index in [2.05, 4.69) is 135 Å². The Bertz CT molecular complexity index is 1250. The summed E-state index contributed by atoms with van der Waals surface area (Å²) in [7, 11) is 2.16. The van der Waals surface area contributed by atoms with Gasteiger partial charge < -0.3 is 4.90 Å². The van der Waals surface area contributed by atoms with Gasteiger partial charge in [0, 0.05) is 16.8 Å². The Kier molecular flexibility index (Phi) is 5.93. The second-order valence-corrected chi connectivity index (χ2v) is 9.59. The van der Waals surface area contributed by atoms with Crippen LogP contribution in [0.3, 0.4) is 0 Å². The van der Waals surface area contributed by atoms with Crippen molar-refractivity contribution in [2.75, 3.05) is 11.9 Å². The summed E-state index contributed by atoms with van der Waals surface area (Å²) in [5.74, 6) is 0. The third-order valence-corrected chi connectivity index (χ3v) is 7.23. The zero-order valence-electron chi connectivity index (χ0n) is 19.2. The zero-order chi connectivity index (χ0) is 22.8. The lowest BCUT2D eigenvalue weighted by Gasteiger charge is -2.30. The largest absolute Gasteiger partial charge is 0.343 e. The molecular weight excluding hydrogens is 418 g/mol. The van der Waals surface area contributed by atoms with Gasteiger partial charge in [0.15, 0.2) is 0 Å². The van der Waals surface area contributed by atoms with Crippen LogP contribution in [0.25, 0.3) is 23.3 Å². The molecule has 0 aromatic heterocycles. The molecule has 0 unspecified atom stereocenters. The molecule has 2 heteroatoms. The van der Waals surface area contributed by atoms with Gasteiger partial charge in [0.2, 0.25) is 0 Å². The van der Waals surface area contributed by atoms with Crippen LogP contribution in [0.1, 0.15) is 36.1 Å². The van der Waals surface area contributed by atoms with Crippen molar-refractivity contribution in [2.45, 2.75) is 23.6 Å². The van der Waals surface area contributed by atoms with E-state index >= 15 is 0 Å². The van der Waals surface area contributed by atoms with Crippen molar-refractivity contribution in [1.29, 1.82) is 0 Å². The van der Waals surface area contributed by atoms with Crippen LogP contribution < -0.4 is 4.90 Å². The molecule has 0 radical (unpaired) electrons. The van der Waals surface area contributed by atoms with E-state index in [0.29, 0.717) is 0 Å². The van der Waals surface area contributed by atoms with E-state index in [1.54, 1.807) is 0 Å². The predicted molar refractivity (Wildman–Crippen MR) is 145 cm³/mol. The van der Waals surface area contributed by atoms with E-state index < -0.39 is 0 Å².